The number of nitro groups is 1. The number of aromatic amines is 1. The van der Waals surface area contributed by atoms with Crippen LogP contribution in [-0.2, 0) is 11.2 Å². The van der Waals surface area contributed by atoms with Gasteiger partial charge in [-0.05, 0) is 18.1 Å². The van der Waals surface area contributed by atoms with Crippen LogP contribution in [0.15, 0.2) is 24.4 Å². The number of aliphatic hydroxyl groups excluding tert-OH is 1. The molecule has 1 aromatic heterocycles. The van der Waals surface area contributed by atoms with Gasteiger partial charge in [0, 0.05) is 35.8 Å². The van der Waals surface area contributed by atoms with Crippen LogP contribution < -0.4 is 5.32 Å². The minimum absolute atomic E-state index is 0.00729. The van der Waals surface area contributed by atoms with E-state index in [1.807, 2.05) is 6.92 Å². The summed E-state index contributed by atoms with van der Waals surface area (Å²) in [5.74, 6) is -0.220. The Morgan fingerprint density at radius 3 is 2.95 bits per heavy atom. The Bertz CT molecular complexity index is 680. The predicted molar refractivity (Wildman–Crippen MR) is 82.6 cm³/mol. The number of nitrogens with one attached hydrogen (secondary N) is 2. The number of hydrogen-bond acceptors (Lipinski definition) is 4. The first-order valence-corrected chi connectivity index (χ1v) is 7.20. The van der Waals surface area contributed by atoms with E-state index in [0.717, 1.165) is 11.9 Å². The zero-order valence-corrected chi connectivity index (χ0v) is 12.3. The predicted octanol–water partition coefficient (Wildman–Crippen LogP) is 1.90. The Hall–Kier alpha value is -2.41. The van der Waals surface area contributed by atoms with Crippen molar-refractivity contribution < 1.29 is 14.8 Å². The summed E-state index contributed by atoms with van der Waals surface area (Å²) < 4.78 is 0. The fraction of sp³-hybridized carbons (Fsp3) is 0.400. The summed E-state index contributed by atoms with van der Waals surface area (Å²) >= 11 is 0. The van der Waals surface area contributed by atoms with Crippen LogP contribution in [0.4, 0.5) is 5.69 Å². The van der Waals surface area contributed by atoms with E-state index in [1.54, 1.807) is 12.3 Å². The molecule has 1 amide bonds. The Balaban J connectivity index is 2.06. The molecule has 0 aliphatic heterocycles. The van der Waals surface area contributed by atoms with Gasteiger partial charge in [0.05, 0.1) is 17.4 Å². The standard InChI is InChI=1S/C15H19N3O4/c1-2-3-12(19)9-17-15(20)6-10-8-16-14-5-4-11(18(21)22)7-13(10)14/h4-5,7-8,12,16,19H,2-3,6,9H2,1H3,(H,17,20). The molecule has 0 spiro atoms. The largest absolute Gasteiger partial charge is 0.391 e. The fourth-order valence-corrected chi connectivity index (χ4v) is 2.33. The summed E-state index contributed by atoms with van der Waals surface area (Å²) in [5, 5.41) is 23.8. The van der Waals surface area contributed by atoms with E-state index in [1.165, 1.54) is 12.1 Å². The molecule has 2 aromatic rings. The Morgan fingerprint density at radius 2 is 2.27 bits per heavy atom. The lowest BCUT2D eigenvalue weighted by Gasteiger charge is -2.10. The molecule has 0 aliphatic carbocycles. The third kappa shape index (κ3) is 3.82. The van der Waals surface area contributed by atoms with Crippen molar-refractivity contribution in [1.29, 1.82) is 0 Å². The van der Waals surface area contributed by atoms with Crippen LogP contribution in [0, 0.1) is 10.1 Å². The monoisotopic (exact) mass is 305 g/mol. The van der Waals surface area contributed by atoms with Gasteiger partial charge in [0.1, 0.15) is 0 Å². The van der Waals surface area contributed by atoms with Gasteiger partial charge in [-0.3, -0.25) is 14.9 Å². The average molecular weight is 305 g/mol. The molecule has 1 heterocycles. The molecule has 1 atom stereocenters. The Kier molecular flexibility index (Phi) is 5.11. The lowest BCUT2D eigenvalue weighted by Crippen LogP contribution is -2.32. The van der Waals surface area contributed by atoms with Crippen molar-refractivity contribution in [3.05, 3.63) is 40.1 Å². The molecule has 0 fully saturated rings. The zero-order chi connectivity index (χ0) is 16.1. The third-order valence-corrected chi connectivity index (χ3v) is 3.47. The van der Waals surface area contributed by atoms with Crippen molar-refractivity contribution >= 4 is 22.5 Å². The van der Waals surface area contributed by atoms with E-state index >= 15 is 0 Å². The Morgan fingerprint density at radius 1 is 1.50 bits per heavy atom. The van der Waals surface area contributed by atoms with Crippen molar-refractivity contribution in [2.75, 3.05) is 6.54 Å². The highest BCUT2D eigenvalue weighted by molar-refractivity contribution is 5.90. The second-order valence-electron chi connectivity index (χ2n) is 5.22. The summed E-state index contributed by atoms with van der Waals surface area (Å²) in [6.07, 6.45) is 2.73. The summed E-state index contributed by atoms with van der Waals surface area (Å²) in [5.41, 5.74) is 1.44. The van der Waals surface area contributed by atoms with Gasteiger partial charge in [-0.15, -0.1) is 0 Å². The number of rotatable bonds is 7. The first-order valence-electron chi connectivity index (χ1n) is 7.20. The molecule has 1 aromatic carbocycles. The van der Waals surface area contributed by atoms with Crippen LogP contribution in [0.2, 0.25) is 0 Å². The second-order valence-corrected chi connectivity index (χ2v) is 5.22. The van der Waals surface area contributed by atoms with Gasteiger partial charge in [0.15, 0.2) is 0 Å². The lowest BCUT2D eigenvalue weighted by atomic mass is 10.1. The van der Waals surface area contributed by atoms with E-state index < -0.39 is 11.0 Å². The number of hydrogen-bond donors (Lipinski definition) is 3. The summed E-state index contributed by atoms with van der Waals surface area (Å²) in [6, 6.07) is 4.50. The summed E-state index contributed by atoms with van der Waals surface area (Å²) in [6.45, 7) is 2.18. The van der Waals surface area contributed by atoms with Crippen LogP contribution in [0.25, 0.3) is 10.9 Å². The van der Waals surface area contributed by atoms with Crippen LogP contribution in [-0.4, -0.2) is 33.6 Å². The number of benzene rings is 1. The molecular weight excluding hydrogens is 286 g/mol. The van der Waals surface area contributed by atoms with E-state index in [-0.39, 0.29) is 24.6 Å². The molecule has 3 N–H and O–H groups in total. The fourth-order valence-electron chi connectivity index (χ4n) is 2.33. The number of amides is 1. The highest BCUT2D eigenvalue weighted by Crippen LogP contribution is 2.23. The third-order valence-electron chi connectivity index (χ3n) is 3.47. The summed E-state index contributed by atoms with van der Waals surface area (Å²) in [4.78, 5) is 25.3. The SMILES string of the molecule is CCCC(O)CNC(=O)Cc1c[nH]c2ccc([N+](=O)[O-])cc12. The smallest absolute Gasteiger partial charge is 0.270 e. The molecule has 7 heteroatoms. The molecule has 0 saturated carbocycles. The van der Waals surface area contributed by atoms with E-state index in [0.29, 0.717) is 17.4 Å². The quantitative estimate of drug-likeness (QED) is 0.536. The number of nitrogens with zero attached hydrogens (tertiary/aromatic N) is 1. The van der Waals surface area contributed by atoms with Gasteiger partial charge in [0.25, 0.3) is 5.69 Å². The Labute approximate surface area is 127 Å². The van der Waals surface area contributed by atoms with E-state index in [2.05, 4.69) is 10.3 Å². The first kappa shape index (κ1) is 16.0. The number of carbonyl (C=O) groups is 1. The van der Waals surface area contributed by atoms with Gasteiger partial charge in [0.2, 0.25) is 5.91 Å². The molecule has 1 unspecified atom stereocenters. The van der Waals surface area contributed by atoms with Crippen LogP contribution in [0.3, 0.4) is 0 Å². The van der Waals surface area contributed by atoms with Crippen molar-refractivity contribution in [3.8, 4) is 0 Å². The number of aliphatic hydroxyl groups is 1. The number of carbonyl (C=O) groups excluding carboxylic acids is 1. The number of H-pyrrole nitrogens is 1. The van der Waals surface area contributed by atoms with Crippen LogP contribution >= 0.6 is 0 Å². The molecule has 0 saturated heterocycles. The average Bonchev–Trinajstić information content (AvgIpc) is 2.88. The van der Waals surface area contributed by atoms with Crippen molar-refractivity contribution in [3.63, 3.8) is 0 Å². The van der Waals surface area contributed by atoms with Crippen molar-refractivity contribution in [1.82, 2.24) is 10.3 Å². The van der Waals surface area contributed by atoms with Crippen molar-refractivity contribution in [2.24, 2.45) is 0 Å². The molecule has 0 aliphatic rings. The van der Waals surface area contributed by atoms with Gasteiger partial charge in [-0.2, -0.15) is 0 Å². The van der Waals surface area contributed by atoms with Gasteiger partial charge in [-0.1, -0.05) is 13.3 Å². The molecule has 22 heavy (non-hydrogen) atoms. The minimum Gasteiger partial charge on any atom is -0.391 e. The summed E-state index contributed by atoms with van der Waals surface area (Å²) in [7, 11) is 0. The first-order chi connectivity index (χ1) is 10.5. The maximum Gasteiger partial charge on any atom is 0.270 e. The molecule has 0 bridgehead atoms. The lowest BCUT2D eigenvalue weighted by molar-refractivity contribution is -0.384. The number of aromatic nitrogens is 1. The van der Waals surface area contributed by atoms with Gasteiger partial charge < -0.3 is 15.4 Å². The molecule has 2 rings (SSSR count). The number of non-ortho nitro benzene ring substituents is 1. The van der Waals surface area contributed by atoms with E-state index in [4.69, 9.17) is 0 Å². The van der Waals surface area contributed by atoms with Gasteiger partial charge >= 0.3 is 0 Å². The van der Waals surface area contributed by atoms with Crippen LogP contribution in [0.5, 0.6) is 0 Å². The number of nitro benzene ring substituents is 1. The van der Waals surface area contributed by atoms with E-state index in [9.17, 15) is 20.0 Å². The maximum atomic E-state index is 11.9. The molecule has 7 nitrogen and oxygen atoms in total. The topological polar surface area (TPSA) is 108 Å². The molecule has 0 radical (unpaired) electrons. The highest BCUT2D eigenvalue weighted by Gasteiger charge is 2.13. The molecule has 118 valence electrons. The second kappa shape index (κ2) is 7.04. The maximum absolute atomic E-state index is 11.9. The zero-order valence-electron chi connectivity index (χ0n) is 12.3. The highest BCUT2D eigenvalue weighted by atomic mass is 16.6. The van der Waals surface area contributed by atoms with Crippen molar-refractivity contribution in [2.45, 2.75) is 32.3 Å². The minimum atomic E-state index is -0.544. The van der Waals surface area contributed by atoms with Crippen LogP contribution in [0.1, 0.15) is 25.3 Å². The van der Waals surface area contributed by atoms with Gasteiger partial charge in [-0.25, -0.2) is 0 Å². The molecular formula is C15H19N3O4. The number of fused-ring (bicyclic) bond motifs is 1. The normalized spacial score (nSPS) is 12.3.